The second kappa shape index (κ2) is 1.47. The van der Waals surface area contributed by atoms with Gasteiger partial charge in [0.05, 0.1) is 0 Å². The SMILES string of the molecule is CC1C(CO)C1(C)C. The third kappa shape index (κ3) is 0.576. The lowest BCUT2D eigenvalue weighted by Gasteiger charge is -1.96. The smallest absolute Gasteiger partial charge is 0.0467 e. The fourth-order valence-corrected chi connectivity index (χ4v) is 1.41. The Morgan fingerprint density at radius 1 is 1.50 bits per heavy atom. The van der Waals surface area contributed by atoms with E-state index in [9.17, 15) is 0 Å². The molecule has 1 heteroatoms. The predicted octanol–water partition coefficient (Wildman–Crippen LogP) is 1.27. The van der Waals surface area contributed by atoms with Gasteiger partial charge in [-0.1, -0.05) is 20.8 Å². The fraction of sp³-hybridized carbons (Fsp3) is 1.00. The van der Waals surface area contributed by atoms with Gasteiger partial charge in [-0.05, 0) is 17.3 Å². The molecule has 1 rings (SSSR count). The first-order chi connectivity index (χ1) is 3.60. The molecule has 0 amide bonds. The highest BCUT2D eigenvalue weighted by Gasteiger charge is 2.53. The molecule has 0 heterocycles. The zero-order valence-corrected chi connectivity index (χ0v) is 5.81. The van der Waals surface area contributed by atoms with E-state index in [1.54, 1.807) is 0 Å². The van der Waals surface area contributed by atoms with Crippen LogP contribution in [0.25, 0.3) is 0 Å². The van der Waals surface area contributed by atoms with Gasteiger partial charge in [-0.15, -0.1) is 0 Å². The third-order valence-electron chi connectivity index (χ3n) is 2.82. The summed E-state index contributed by atoms with van der Waals surface area (Å²) in [7, 11) is 0. The largest absolute Gasteiger partial charge is 0.396 e. The molecule has 8 heavy (non-hydrogen) atoms. The van der Waals surface area contributed by atoms with Gasteiger partial charge in [-0.2, -0.15) is 0 Å². The second-order valence-corrected chi connectivity index (χ2v) is 3.40. The van der Waals surface area contributed by atoms with Crippen LogP contribution in [0.3, 0.4) is 0 Å². The second-order valence-electron chi connectivity index (χ2n) is 3.40. The summed E-state index contributed by atoms with van der Waals surface area (Å²) in [5.41, 5.74) is 0.425. The summed E-state index contributed by atoms with van der Waals surface area (Å²) >= 11 is 0. The maximum absolute atomic E-state index is 8.71. The van der Waals surface area contributed by atoms with Crippen LogP contribution in [0.5, 0.6) is 0 Å². The molecule has 0 aromatic rings. The Hall–Kier alpha value is -0.0400. The van der Waals surface area contributed by atoms with Crippen molar-refractivity contribution in [3.63, 3.8) is 0 Å². The lowest BCUT2D eigenvalue weighted by molar-refractivity contribution is 0.255. The van der Waals surface area contributed by atoms with Crippen molar-refractivity contribution in [2.75, 3.05) is 6.61 Å². The molecule has 2 atom stereocenters. The van der Waals surface area contributed by atoms with E-state index in [-0.39, 0.29) is 0 Å². The van der Waals surface area contributed by atoms with Crippen molar-refractivity contribution in [2.45, 2.75) is 20.8 Å². The van der Waals surface area contributed by atoms with E-state index in [0.29, 0.717) is 17.9 Å². The van der Waals surface area contributed by atoms with Crippen molar-refractivity contribution in [1.29, 1.82) is 0 Å². The molecular formula is C7H14O. The molecule has 0 spiro atoms. The molecule has 1 saturated carbocycles. The topological polar surface area (TPSA) is 20.2 Å². The molecular weight excluding hydrogens is 100 g/mol. The molecule has 0 aromatic heterocycles. The van der Waals surface area contributed by atoms with Crippen molar-refractivity contribution < 1.29 is 5.11 Å². The van der Waals surface area contributed by atoms with Crippen molar-refractivity contribution in [2.24, 2.45) is 17.3 Å². The third-order valence-corrected chi connectivity index (χ3v) is 2.82. The van der Waals surface area contributed by atoms with E-state index < -0.39 is 0 Å². The summed E-state index contributed by atoms with van der Waals surface area (Å²) in [4.78, 5) is 0. The minimum atomic E-state index is 0.369. The average molecular weight is 114 g/mol. The van der Waals surface area contributed by atoms with Crippen LogP contribution in [0.15, 0.2) is 0 Å². The molecule has 1 aliphatic rings. The molecule has 48 valence electrons. The fourth-order valence-electron chi connectivity index (χ4n) is 1.41. The van der Waals surface area contributed by atoms with Crippen molar-refractivity contribution in [3.8, 4) is 0 Å². The minimum absolute atomic E-state index is 0.369. The zero-order valence-electron chi connectivity index (χ0n) is 5.81. The van der Waals surface area contributed by atoms with Gasteiger partial charge in [-0.3, -0.25) is 0 Å². The summed E-state index contributed by atoms with van der Waals surface area (Å²) in [5.74, 6) is 1.30. The Morgan fingerprint density at radius 3 is 1.88 bits per heavy atom. The Bertz CT molecular complexity index is 96.6. The van der Waals surface area contributed by atoms with Crippen LogP contribution < -0.4 is 0 Å². The van der Waals surface area contributed by atoms with Gasteiger partial charge in [0, 0.05) is 6.61 Å². The van der Waals surface area contributed by atoms with Crippen LogP contribution in [-0.4, -0.2) is 11.7 Å². The predicted molar refractivity (Wildman–Crippen MR) is 33.5 cm³/mol. The monoisotopic (exact) mass is 114 g/mol. The first-order valence-corrected chi connectivity index (χ1v) is 3.21. The normalized spacial score (nSPS) is 42.0. The Balaban J connectivity index is 2.45. The maximum Gasteiger partial charge on any atom is 0.0467 e. The number of hydrogen-bond donors (Lipinski definition) is 1. The molecule has 1 N–H and O–H groups in total. The van der Waals surface area contributed by atoms with E-state index in [1.807, 2.05) is 0 Å². The van der Waals surface area contributed by atoms with Crippen LogP contribution in [0.2, 0.25) is 0 Å². The highest BCUT2D eigenvalue weighted by molar-refractivity contribution is 5.01. The summed E-state index contributed by atoms with van der Waals surface area (Å²) in [5, 5.41) is 8.71. The highest BCUT2D eigenvalue weighted by Crippen LogP contribution is 2.57. The van der Waals surface area contributed by atoms with E-state index in [1.165, 1.54) is 0 Å². The standard InChI is InChI=1S/C7H14O/c1-5-6(4-8)7(5,2)3/h5-6,8H,4H2,1-3H3. The van der Waals surface area contributed by atoms with Gasteiger partial charge >= 0.3 is 0 Å². The Morgan fingerprint density at radius 2 is 1.88 bits per heavy atom. The van der Waals surface area contributed by atoms with Gasteiger partial charge in [0.25, 0.3) is 0 Å². The summed E-state index contributed by atoms with van der Waals surface area (Å²) in [6.45, 7) is 6.98. The van der Waals surface area contributed by atoms with Gasteiger partial charge in [0.1, 0.15) is 0 Å². The summed E-state index contributed by atoms with van der Waals surface area (Å²) in [6.07, 6.45) is 0. The van der Waals surface area contributed by atoms with E-state index in [4.69, 9.17) is 5.11 Å². The van der Waals surface area contributed by atoms with Gasteiger partial charge in [-0.25, -0.2) is 0 Å². The van der Waals surface area contributed by atoms with Crippen LogP contribution in [0.1, 0.15) is 20.8 Å². The highest BCUT2D eigenvalue weighted by atomic mass is 16.3. The molecule has 0 bridgehead atoms. The molecule has 0 radical (unpaired) electrons. The Kier molecular flexibility index (Phi) is 1.12. The molecule has 1 nitrogen and oxygen atoms in total. The zero-order chi connectivity index (χ0) is 6.36. The number of rotatable bonds is 1. The first-order valence-electron chi connectivity index (χ1n) is 3.21. The lowest BCUT2D eigenvalue weighted by atomic mass is 10.1. The van der Waals surface area contributed by atoms with Crippen molar-refractivity contribution in [3.05, 3.63) is 0 Å². The number of aliphatic hydroxyl groups is 1. The molecule has 0 aliphatic heterocycles. The van der Waals surface area contributed by atoms with Crippen LogP contribution in [0.4, 0.5) is 0 Å². The maximum atomic E-state index is 8.71. The van der Waals surface area contributed by atoms with E-state index >= 15 is 0 Å². The van der Waals surface area contributed by atoms with E-state index in [2.05, 4.69) is 20.8 Å². The van der Waals surface area contributed by atoms with Crippen molar-refractivity contribution >= 4 is 0 Å². The van der Waals surface area contributed by atoms with Gasteiger partial charge in [0.2, 0.25) is 0 Å². The molecule has 2 unspecified atom stereocenters. The van der Waals surface area contributed by atoms with Crippen molar-refractivity contribution in [1.82, 2.24) is 0 Å². The van der Waals surface area contributed by atoms with Gasteiger partial charge < -0.3 is 5.11 Å². The minimum Gasteiger partial charge on any atom is -0.396 e. The molecule has 1 aliphatic carbocycles. The Labute approximate surface area is 50.7 Å². The lowest BCUT2D eigenvalue weighted by Crippen LogP contribution is -1.93. The summed E-state index contributed by atoms with van der Waals surface area (Å²) < 4.78 is 0. The average Bonchev–Trinajstić information content (AvgIpc) is 2.09. The number of hydrogen-bond acceptors (Lipinski definition) is 1. The van der Waals surface area contributed by atoms with Crippen LogP contribution in [-0.2, 0) is 0 Å². The van der Waals surface area contributed by atoms with Crippen LogP contribution >= 0.6 is 0 Å². The van der Waals surface area contributed by atoms with E-state index in [0.717, 1.165) is 5.92 Å². The molecule has 1 fully saturated rings. The van der Waals surface area contributed by atoms with Gasteiger partial charge in [0.15, 0.2) is 0 Å². The summed E-state index contributed by atoms with van der Waals surface area (Å²) in [6, 6.07) is 0. The van der Waals surface area contributed by atoms with Crippen LogP contribution in [0, 0.1) is 17.3 Å². The molecule has 0 saturated heterocycles. The number of aliphatic hydroxyl groups excluding tert-OH is 1. The first kappa shape index (κ1) is 6.09. The quantitative estimate of drug-likeness (QED) is 0.544. The molecule has 0 aromatic carbocycles.